The largest absolute Gasteiger partial charge is 0.465 e. The van der Waals surface area contributed by atoms with Crippen LogP contribution in [-0.2, 0) is 6.54 Å². The van der Waals surface area contributed by atoms with Crippen LogP contribution in [0.2, 0.25) is 0 Å². The minimum absolute atomic E-state index is 0.155. The third kappa shape index (κ3) is 5.22. The van der Waals surface area contributed by atoms with Gasteiger partial charge in [-0.15, -0.1) is 0 Å². The summed E-state index contributed by atoms with van der Waals surface area (Å²) in [4.78, 5) is 21.5. The van der Waals surface area contributed by atoms with Crippen LogP contribution in [0.3, 0.4) is 0 Å². The van der Waals surface area contributed by atoms with Crippen molar-refractivity contribution in [2.24, 2.45) is 5.92 Å². The lowest BCUT2D eigenvalue weighted by molar-refractivity contribution is 0.186. The van der Waals surface area contributed by atoms with E-state index in [9.17, 15) is 18.0 Å². The predicted molar refractivity (Wildman–Crippen MR) is 122 cm³/mol. The van der Waals surface area contributed by atoms with Crippen molar-refractivity contribution in [2.75, 3.05) is 23.3 Å². The molecule has 3 heterocycles. The van der Waals surface area contributed by atoms with E-state index in [1.165, 1.54) is 12.1 Å². The Morgan fingerprint density at radius 2 is 1.88 bits per heavy atom. The number of hydrogen-bond acceptors (Lipinski definition) is 5. The Labute approximate surface area is 194 Å². The molecule has 1 aliphatic rings. The fourth-order valence-corrected chi connectivity index (χ4v) is 4.29. The molecule has 1 aromatic carbocycles. The molecule has 2 aromatic heterocycles. The van der Waals surface area contributed by atoms with E-state index in [0.717, 1.165) is 36.9 Å². The molecule has 7 nitrogen and oxygen atoms in total. The first-order chi connectivity index (χ1) is 16.3. The standard InChI is InChI=1S/C24H24F3N5O2/c1-14-9-16(31-24(33)34)13-32(12-14)21-7-8-28-11-20(21)29-10-15-5-6-19(27)23(30-15)22-17(25)3-2-4-18(22)26/h2-8,11,14,16,29,31H,9-10,12-13H2,1H3,(H,33,34)/t14-,16+/m1/s1. The summed E-state index contributed by atoms with van der Waals surface area (Å²) in [5, 5.41) is 14.9. The van der Waals surface area contributed by atoms with Crippen molar-refractivity contribution in [1.82, 2.24) is 15.3 Å². The molecule has 1 aliphatic heterocycles. The molecule has 34 heavy (non-hydrogen) atoms. The number of carboxylic acid groups (broad SMARTS) is 1. The molecule has 10 heteroatoms. The summed E-state index contributed by atoms with van der Waals surface area (Å²) in [5.74, 6) is -2.35. The predicted octanol–water partition coefficient (Wildman–Crippen LogP) is 4.66. The molecule has 0 saturated carbocycles. The van der Waals surface area contributed by atoms with Gasteiger partial charge >= 0.3 is 6.09 Å². The molecule has 3 N–H and O–H groups in total. The molecule has 0 spiro atoms. The number of pyridine rings is 2. The van der Waals surface area contributed by atoms with E-state index in [2.05, 4.69) is 32.4 Å². The van der Waals surface area contributed by atoms with E-state index in [1.54, 1.807) is 12.4 Å². The lowest BCUT2D eigenvalue weighted by Gasteiger charge is -2.38. The van der Waals surface area contributed by atoms with Gasteiger partial charge in [0.1, 0.15) is 23.1 Å². The van der Waals surface area contributed by atoms with Gasteiger partial charge < -0.3 is 20.6 Å². The van der Waals surface area contributed by atoms with Crippen molar-refractivity contribution >= 4 is 17.5 Å². The van der Waals surface area contributed by atoms with Crippen LogP contribution in [0.1, 0.15) is 19.0 Å². The first-order valence-electron chi connectivity index (χ1n) is 10.8. The molecule has 1 saturated heterocycles. The van der Waals surface area contributed by atoms with E-state index >= 15 is 0 Å². The Kier molecular flexibility index (Phi) is 6.85. The molecule has 1 fully saturated rings. The number of hydrogen-bond donors (Lipinski definition) is 3. The smallest absolute Gasteiger partial charge is 0.404 e. The summed E-state index contributed by atoms with van der Waals surface area (Å²) in [6.07, 6.45) is 2.96. The molecule has 0 unspecified atom stereocenters. The number of aromatic nitrogens is 2. The Bertz CT molecular complexity index is 1170. The highest BCUT2D eigenvalue weighted by atomic mass is 19.1. The number of halogens is 3. The number of benzene rings is 1. The first kappa shape index (κ1) is 23.3. The average molecular weight is 471 g/mol. The Balaban J connectivity index is 1.55. The molecule has 0 bridgehead atoms. The van der Waals surface area contributed by atoms with Gasteiger partial charge in [0.05, 0.1) is 35.4 Å². The molecule has 178 valence electrons. The van der Waals surface area contributed by atoms with Crippen molar-refractivity contribution in [2.45, 2.75) is 25.9 Å². The second kappa shape index (κ2) is 9.98. The number of nitrogens with zero attached hydrogens (tertiary/aromatic N) is 3. The number of rotatable bonds is 6. The van der Waals surface area contributed by atoms with Crippen LogP contribution < -0.4 is 15.5 Å². The van der Waals surface area contributed by atoms with Gasteiger partial charge in [0.15, 0.2) is 0 Å². The topological polar surface area (TPSA) is 90.4 Å². The zero-order valence-corrected chi connectivity index (χ0v) is 18.4. The summed E-state index contributed by atoms with van der Waals surface area (Å²) < 4.78 is 42.7. The molecular weight excluding hydrogens is 447 g/mol. The van der Waals surface area contributed by atoms with Crippen LogP contribution in [-0.4, -0.2) is 40.3 Å². The molecule has 0 radical (unpaired) electrons. The lowest BCUT2D eigenvalue weighted by atomic mass is 9.95. The van der Waals surface area contributed by atoms with Crippen LogP contribution in [0.15, 0.2) is 48.8 Å². The summed E-state index contributed by atoms with van der Waals surface area (Å²) in [5.41, 5.74) is 0.986. The van der Waals surface area contributed by atoms with Crippen molar-refractivity contribution in [3.63, 3.8) is 0 Å². The second-order valence-corrected chi connectivity index (χ2v) is 8.37. The highest BCUT2D eigenvalue weighted by Gasteiger charge is 2.27. The quantitative estimate of drug-likeness (QED) is 0.485. The fourth-order valence-electron chi connectivity index (χ4n) is 4.29. The van der Waals surface area contributed by atoms with Crippen LogP contribution in [0.25, 0.3) is 11.3 Å². The normalized spacial score (nSPS) is 17.9. The van der Waals surface area contributed by atoms with Gasteiger partial charge in [0.25, 0.3) is 0 Å². The zero-order chi connectivity index (χ0) is 24.2. The van der Waals surface area contributed by atoms with Gasteiger partial charge in [-0.2, -0.15) is 0 Å². The van der Waals surface area contributed by atoms with Crippen LogP contribution in [0, 0.1) is 23.4 Å². The van der Waals surface area contributed by atoms with Crippen molar-refractivity contribution in [1.29, 1.82) is 0 Å². The number of nitrogens with one attached hydrogen (secondary N) is 2. The highest BCUT2D eigenvalue weighted by molar-refractivity contribution is 5.70. The number of carbonyl (C=O) groups is 1. The van der Waals surface area contributed by atoms with Crippen LogP contribution >= 0.6 is 0 Å². The SMILES string of the molecule is C[C@@H]1C[C@H](NC(=O)O)CN(c2ccncc2NCc2ccc(F)c(-c3c(F)cccc3F)n2)C1. The Hall–Kier alpha value is -3.82. The number of amides is 1. The van der Waals surface area contributed by atoms with Crippen molar-refractivity contribution in [3.05, 3.63) is 71.9 Å². The Morgan fingerprint density at radius 3 is 2.62 bits per heavy atom. The van der Waals surface area contributed by atoms with Crippen LogP contribution in [0.4, 0.5) is 29.3 Å². The van der Waals surface area contributed by atoms with E-state index < -0.39 is 34.8 Å². The van der Waals surface area contributed by atoms with Gasteiger partial charge in [0.2, 0.25) is 0 Å². The average Bonchev–Trinajstić information content (AvgIpc) is 2.78. The maximum atomic E-state index is 14.4. The highest BCUT2D eigenvalue weighted by Crippen LogP contribution is 2.30. The van der Waals surface area contributed by atoms with Crippen LogP contribution in [0.5, 0.6) is 0 Å². The molecular formula is C24H24F3N5O2. The van der Waals surface area contributed by atoms with Crippen molar-refractivity contribution < 1.29 is 23.1 Å². The van der Waals surface area contributed by atoms with E-state index in [-0.39, 0.29) is 18.5 Å². The third-order valence-electron chi connectivity index (χ3n) is 5.69. The van der Waals surface area contributed by atoms with Gasteiger partial charge in [-0.05, 0) is 42.7 Å². The van der Waals surface area contributed by atoms with Gasteiger partial charge in [-0.25, -0.2) is 22.9 Å². The first-order valence-corrected chi connectivity index (χ1v) is 10.8. The minimum Gasteiger partial charge on any atom is -0.465 e. The monoisotopic (exact) mass is 471 g/mol. The summed E-state index contributed by atoms with van der Waals surface area (Å²) in [6, 6.07) is 7.51. The lowest BCUT2D eigenvalue weighted by Crippen LogP contribution is -2.50. The maximum Gasteiger partial charge on any atom is 0.404 e. The zero-order valence-electron chi connectivity index (χ0n) is 18.4. The molecule has 3 aromatic rings. The van der Waals surface area contributed by atoms with E-state index in [4.69, 9.17) is 5.11 Å². The third-order valence-corrected chi connectivity index (χ3v) is 5.69. The fraction of sp³-hybridized carbons (Fsp3) is 0.292. The summed E-state index contributed by atoms with van der Waals surface area (Å²) in [6.45, 7) is 3.45. The number of anilines is 2. The molecule has 1 amide bonds. The molecule has 2 atom stereocenters. The van der Waals surface area contributed by atoms with Gasteiger partial charge in [0, 0.05) is 25.3 Å². The molecule has 4 rings (SSSR count). The second-order valence-electron chi connectivity index (χ2n) is 8.37. The van der Waals surface area contributed by atoms with E-state index in [0.29, 0.717) is 17.9 Å². The summed E-state index contributed by atoms with van der Waals surface area (Å²) >= 11 is 0. The Morgan fingerprint density at radius 1 is 1.12 bits per heavy atom. The van der Waals surface area contributed by atoms with Crippen molar-refractivity contribution in [3.8, 4) is 11.3 Å². The maximum absolute atomic E-state index is 14.4. The summed E-state index contributed by atoms with van der Waals surface area (Å²) in [7, 11) is 0. The minimum atomic E-state index is -1.06. The number of piperidine rings is 1. The van der Waals surface area contributed by atoms with Gasteiger partial charge in [-0.1, -0.05) is 13.0 Å². The van der Waals surface area contributed by atoms with E-state index in [1.807, 2.05) is 6.07 Å². The molecule has 0 aliphatic carbocycles. The van der Waals surface area contributed by atoms with Gasteiger partial charge in [-0.3, -0.25) is 4.98 Å².